The van der Waals surface area contributed by atoms with E-state index in [4.69, 9.17) is 4.84 Å². The van der Waals surface area contributed by atoms with Crippen LogP contribution < -0.4 is 10.6 Å². The van der Waals surface area contributed by atoms with Gasteiger partial charge < -0.3 is 15.5 Å². The lowest BCUT2D eigenvalue weighted by Gasteiger charge is -2.30. The second kappa shape index (κ2) is 15.9. The predicted octanol–water partition coefficient (Wildman–Crippen LogP) is 1.68. The minimum absolute atomic E-state index is 0.0284. The van der Waals surface area contributed by atoms with Crippen LogP contribution in [0.1, 0.15) is 89.9 Å². The molecule has 0 unspecified atom stereocenters. The summed E-state index contributed by atoms with van der Waals surface area (Å²) in [4.78, 5) is 88.6. The Kier molecular flexibility index (Phi) is 12.3. The van der Waals surface area contributed by atoms with E-state index < -0.39 is 17.8 Å². The Bertz CT molecular complexity index is 968. The van der Waals surface area contributed by atoms with Gasteiger partial charge in [-0.3, -0.25) is 33.7 Å². The van der Waals surface area contributed by atoms with Gasteiger partial charge in [0.15, 0.2) is 0 Å². The number of imide groups is 2. The Hall–Kier alpha value is -3.57. The molecule has 0 aromatic heterocycles. The number of nitrogens with zero attached hydrogens (tertiary/aromatic N) is 2. The van der Waals surface area contributed by atoms with Gasteiger partial charge in [0.25, 0.3) is 23.6 Å². The van der Waals surface area contributed by atoms with Crippen LogP contribution in [0.4, 0.5) is 0 Å². The molecule has 1 saturated carbocycles. The number of amides is 6. The van der Waals surface area contributed by atoms with Gasteiger partial charge in [-0.1, -0.05) is 12.8 Å². The minimum atomic E-state index is -0.612. The van der Waals surface area contributed by atoms with E-state index in [9.17, 15) is 33.6 Å². The van der Waals surface area contributed by atoms with Crippen molar-refractivity contribution in [2.75, 3.05) is 19.6 Å². The molecule has 12 heteroatoms. The first-order valence-corrected chi connectivity index (χ1v) is 14.4. The lowest BCUT2D eigenvalue weighted by Crippen LogP contribution is -2.38. The van der Waals surface area contributed by atoms with Crippen molar-refractivity contribution in [3.8, 4) is 0 Å². The van der Waals surface area contributed by atoms with E-state index in [2.05, 4.69) is 10.6 Å². The van der Waals surface area contributed by atoms with Gasteiger partial charge in [0.1, 0.15) is 0 Å². The standard InChI is InChI=1S/C28H40N4O8/c33-22(29-17-5-2-4-8-27(38)40-32-25(36)15-16-26(32)37)7-3-1-6-18-30-28(39)21-11-9-20(10-12-21)19-31-23(34)13-14-24(31)35/h13-14,20-21H,1-12,15-19H2,(H,29,33)(H,30,39). The quantitative estimate of drug-likeness (QED) is 0.213. The van der Waals surface area contributed by atoms with Gasteiger partial charge in [-0.05, 0) is 57.3 Å². The molecule has 3 rings (SSSR count). The Morgan fingerprint density at radius 1 is 0.750 bits per heavy atom. The molecule has 1 saturated heterocycles. The van der Waals surface area contributed by atoms with Crippen LogP contribution in [0.2, 0.25) is 0 Å². The molecule has 12 nitrogen and oxygen atoms in total. The van der Waals surface area contributed by atoms with E-state index in [-0.39, 0.29) is 54.7 Å². The molecule has 0 spiro atoms. The van der Waals surface area contributed by atoms with Crippen LogP contribution in [-0.4, -0.2) is 71.0 Å². The lowest BCUT2D eigenvalue weighted by molar-refractivity contribution is -0.197. The highest BCUT2D eigenvalue weighted by atomic mass is 16.7. The number of carbonyl (C=O) groups excluding carboxylic acids is 7. The van der Waals surface area contributed by atoms with Crippen molar-refractivity contribution in [3.05, 3.63) is 12.2 Å². The largest absolute Gasteiger partial charge is 0.356 e. The van der Waals surface area contributed by atoms with Crippen LogP contribution >= 0.6 is 0 Å². The number of carbonyl (C=O) groups is 7. The molecular weight excluding hydrogens is 520 g/mol. The number of hydrogen-bond donors (Lipinski definition) is 2. The number of unbranched alkanes of at least 4 members (excludes halogenated alkanes) is 4. The van der Waals surface area contributed by atoms with Gasteiger partial charge in [-0.15, -0.1) is 5.06 Å². The Morgan fingerprint density at radius 2 is 1.32 bits per heavy atom. The van der Waals surface area contributed by atoms with Crippen molar-refractivity contribution in [1.82, 2.24) is 20.6 Å². The average Bonchev–Trinajstić information content (AvgIpc) is 3.43. The molecule has 220 valence electrons. The Labute approximate surface area is 234 Å². The maximum absolute atomic E-state index is 12.5. The van der Waals surface area contributed by atoms with Crippen molar-refractivity contribution < 1.29 is 38.4 Å². The molecule has 6 amide bonds. The summed E-state index contributed by atoms with van der Waals surface area (Å²) in [6.07, 6.45) is 10.7. The van der Waals surface area contributed by atoms with Crippen molar-refractivity contribution in [2.45, 2.75) is 89.9 Å². The van der Waals surface area contributed by atoms with Crippen molar-refractivity contribution in [3.63, 3.8) is 0 Å². The fraction of sp³-hybridized carbons (Fsp3) is 0.679. The van der Waals surface area contributed by atoms with Gasteiger partial charge in [-0.25, -0.2) is 4.79 Å². The SMILES string of the molecule is O=C(CCCCCNC(=O)C1CCC(CN2C(=O)C=CC2=O)CC1)NCCCCCC(=O)ON1C(=O)CCC1=O. The van der Waals surface area contributed by atoms with Gasteiger partial charge >= 0.3 is 5.97 Å². The fourth-order valence-corrected chi connectivity index (χ4v) is 5.11. The highest BCUT2D eigenvalue weighted by molar-refractivity contribution is 6.12. The molecule has 0 aromatic carbocycles. The Balaban J connectivity index is 1.11. The van der Waals surface area contributed by atoms with E-state index in [0.29, 0.717) is 50.4 Å². The summed E-state index contributed by atoms with van der Waals surface area (Å²) in [5.74, 6) is -1.88. The van der Waals surface area contributed by atoms with E-state index in [1.807, 2.05) is 0 Å². The van der Waals surface area contributed by atoms with Crippen LogP contribution in [-0.2, 0) is 38.4 Å². The second-order valence-electron chi connectivity index (χ2n) is 10.6. The number of rotatable bonds is 16. The molecule has 0 atom stereocenters. The van der Waals surface area contributed by atoms with Crippen LogP contribution in [0.15, 0.2) is 12.2 Å². The zero-order chi connectivity index (χ0) is 28.9. The van der Waals surface area contributed by atoms with Crippen LogP contribution in [0.3, 0.4) is 0 Å². The third kappa shape index (κ3) is 9.87. The Morgan fingerprint density at radius 3 is 1.95 bits per heavy atom. The van der Waals surface area contributed by atoms with E-state index in [1.54, 1.807) is 0 Å². The first-order valence-electron chi connectivity index (χ1n) is 14.4. The number of nitrogens with one attached hydrogen (secondary N) is 2. The minimum Gasteiger partial charge on any atom is -0.356 e. The van der Waals surface area contributed by atoms with E-state index in [0.717, 1.165) is 44.9 Å². The molecule has 0 aromatic rings. The lowest BCUT2D eigenvalue weighted by atomic mass is 9.81. The first kappa shape index (κ1) is 31.0. The maximum atomic E-state index is 12.5. The fourth-order valence-electron chi connectivity index (χ4n) is 5.11. The number of hydroxylamine groups is 2. The second-order valence-corrected chi connectivity index (χ2v) is 10.6. The highest BCUT2D eigenvalue weighted by Gasteiger charge is 2.33. The maximum Gasteiger partial charge on any atom is 0.333 e. The third-order valence-corrected chi connectivity index (χ3v) is 7.52. The van der Waals surface area contributed by atoms with Gasteiger partial charge in [-0.2, -0.15) is 0 Å². The van der Waals surface area contributed by atoms with Gasteiger partial charge in [0.2, 0.25) is 11.8 Å². The van der Waals surface area contributed by atoms with Crippen LogP contribution in [0.5, 0.6) is 0 Å². The van der Waals surface area contributed by atoms with Gasteiger partial charge in [0, 0.05) is 63.4 Å². The summed E-state index contributed by atoms with van der Waals surface area (Å²) in [6, 6.07) is 0. The summed E-state index contributed by atoms with van der Waals surface area (Å²) >= 11 is 0. The highest BCUT2D eigenvalue weighted by Crippen LogP contribution is 2.30. The van der Waals surface area contributed by atoms with Crippen molar-refractivity contribution in [2.24, 2.45) is 11.8 Å². The molecule has 0 radical (unpaired) electrons. The summed E-state index contributed by atoms with van der Waals surface area (Å²) in [7, 11) is 0. The molecule has 40 heavy (non-hydrogen) atoms. The summed E-state index contributed by atoms with van der Waals surface area (Å²) in [6.45, 7) is 1.51. The van der Waals surface area contributed by atoms with Crippen molar-refractivity contribution >= 4 is 41.4 Å². The van der Waals surface area contributed by atoms with E-state index in [1.165, 1.54) is 17.1 Å². The molecular formula is C28H40N4O8. The molecule has 2 N–H and O–H groups in total. The summed E-state index contributed by atoms with van der Waals surface area (Å²) in [5.41, 5.74) is 0. The molecule has 1 aliphatic carbocycles. The van der Waals surface area contributed by atoms with Crippen LogP contribution in [0.25, 0.3) is 0 Å². The molecule has 2 fully saturated rings. The topological polar surface area (TPSA) is 159 Å². The molecule has 0 bridgehead atoms. The zero-order valence-corrected chi connectivity index (χ0v) is 23.0. The smallest absolute Gasteiger partial charge is 0.333 e. The van der Waals surface area contributed by atoms with Gasteiger partial charge in [0.05, 0.1) is 0 Å². The monoisotopic (exact) mass is 560 g/mol. The number of hydrogen-bond acceptors (Lipinski definition) is 8. The van der Waals surface area contributed by atoms with Crippen LogP contribution in [0, 0.1) is 11.8 Å². The third-order valence-electron chi connectivity index (χ3n) is 7.52. The van der Waals surface area contributed by atoms with Crippen molar-refractivity contribution in [1.29, 1.82) is 0 Å². The summed E-state index contributed by atoms with van der Waals surface area (Å²) < 4.78 is 0. The average molecular weight is 561 g/mol. The first-order chi connectivity index (χ1) is 19.2. The zero-order valence-electron chi connectivity index (χ0n) is 23.0. The predicted molar refractivity (Wildman–Crippen MR) is 141 cm³/mol. The summed E-state index contributed by atoms with van der Waals surface area (Å²) in [5, 5.41) is 6.40. The molecule has 2 heterocycles. The molecule has 3 aliphatic rings. The van der Waals surface area contributed by atoms with E-state index >= 15 is 0 Å². The normalized spacial score (nSPS) is 20.8. The molecule has 2 aliphatic heterocycles.